The maximum absolute atomic E-state index is 11.9. The molecular weight excluding hydrogens is 244 g/mol. The third kappa shape index (κ3) is 3.77. The van der Waals surface area contributed by atoms with Crippen molar-refractivity contribution < 1.29 is 9.59 Å². The van der Waals surface area contributed by atoms with Crippen LogP contribution in [0.1, 0.15) is 5.56 Å². The zero-order chi connectivity index (χ0) is 13.7. The Morgan fingerprint density at radius 2 is 2.11 bits per heavy atom. The van der Waals surface area contributed by atoms with Crippen molar-refractivity contribution in [3.8, 4) is 0 Å². The van der Waals surface area contributed by atoms with Gasteiger partial charge in [-0.15, -0.1) is 0 Å². The third-order valence-corrected chi connectivity index (χ3v) is 3.05. The number of benzene rings is 1. The first-order valence-corrected chi connectivity index (χ1v) is 6.27. The van der Waals surface area contributed by atoms with Crippen molar-refractivity contribution in [2.45, 2.75) is 12.5 Å². The van der Waals surface area contributed by atoms with Gasteiger partial charge in [0, 0.05) is 19.6 Å². The molecule has 0 saturated carbocycles. The van der Waals surface area contributed by atoms with Gasteiger partial charge in [-0.2, -0.15) is 0 Å². The number of nitrogens with two attached hydrogens (primary N) is 1. The largest absolute Gasteiger partial charge is 0.368 e. The van der Waals surface area contributed by atoms with Gasteiger partial charge in [0.1, 0.15) is 6.04 Å². The molecule has 1 heterocycles. The Morgan fingerprint density at radius 3 is 2.79 bits per heavy atom. The fourth-order valence-corrected chi connectivity index (χ4v) is 2.07. The molecule has 0 spiro atoms. The summed E-state index contributed by atoms with van der Waals surface area (Å²) in [6.07, 6.45) is 0.288. The lowest BCUT2D eigenvalue weighted by molar-refractivity contribution is -0.132. The van der Waals surface area contributed by atoms with Crippen LogP contribution in [0.15, 0.2) is 30.3 Å². The van der Waals surface area contributed by atoms with Crippen LogP contribution in [0.2, 0.25) is 0 Å². The van der Waals surface area contributed by atoms with Gasteiger partial charge in [0.25, 0.3) is 0 Å². The number of carbonyl (C=O) groups excluding carboxylic acids is 2. The van der Waals surface area contributed by atoms with Crippen LogP contribution in [-0.2, 0) is 16.0 Å². The maximum atomic E-state index is 11.9. The fraction of sp³-hybridized carbons (Fsp3) is 0.385. The van der Waals surface area contributed by atoms with Crippen molar-refractivity contribution in [1.29, 1.82) is 0 Å². The number of hydrazine groups is 1. The van der Waals surface area contributed by atoms with Gasteiger partial charge >= 0.3 is 0 Å². The molecule has 0 bridgehead atoms. The van der Waals surface area contributed by atoms with E-state index in [9.17, 15) is 9.59 Å². The monoisotopic (exact) mass is 262 g/mol. The molecule has 1 aromatic rings. The maximum Gasteiger partial charge on any atom is 0.238 e. The average molecular weight is 262 g/mol. The van der Waals surface area contributed by atoms with Gasteiger partial charge in [0.2, 0.25) is 11.8 Å². The average Bonchev–Trinajstić information content (AvgIpc) is 2.40. The topological polar surface area (TPSA) is 87.5 Å². The Labute approximate surface area is 111 Å². The summed E-state index contributed by atoms with van der Waals surface area (Å²) >= 11 is 0. The standard InChI is InChI=1S/C13H18N4O2/c14-13(19)11-9-15-6-7-17(11)16-12(18)8-10-4-2-1-3-5-10/h1-5,11,15H,6-9H2,(H2,14,19)(H,16,18)/t11-/m0/s1. The van der Waals surface area contributed by atoms with Crippen LogP contribution in [0.25, 0.3) is 0 Å². The van der Waals surface area contributed by atoms with E-state index in [4.69, 9.17) is 5.73 Å². The molecule has 1 atom stereocenters. The Morgan fingerprint density at radius 1 is 1.37 bits per heavy atom. The van der Waals surface area contributed by atoms with Gasteiger partial charge in [-0.25, -0.2) is 5.01 Å². The molecule has 2 rings (SSSR count). The Bertz CT molecular complexity index is 449. The first kappa shape index (κ1) is 13.5. The number of piperazine rings is 1. The van der Waals surface area contributed by atoms with Crippen LogP contribution in [0.4, 0.5) is 0 Å². The normalized spacial score (nSPS) is 19.9. The molecule has 0 aromatic heterocycles. The Hall–Kier alpha value is -1.92. The number of rotatable bonds is 4. The fourth-order valence-electron chi connectivity index (χ4n) is 2.07. The van der Waals surface area contributed by atoms with E-state index in [0.29, 0.717) is 13.1 Å². The lowest BCUT2D eigenvalue weighted by atomic mass is 10.1. The van der Waals surface area contributed by atoms with E-state index < -0.39 is 11.9 Å². The quantitative estimate of drug-likeness (QED) is 0.651. The van der Waals surface area contributed by atoms with E-state index in [0.717, 1.165) is 12.1 Å². The minimum atomic E-state index is -0.492. The number of hydrogen-bond donors (Lipinski definition) is 3. The Kier molecular flexibility index (Phi) is 4.48. The Balaban J connectivity index is 1.92. The molecule has 1 aliphatic heterocycles. The number of primary amides is 1. The summed E-state index contributed by atoms with van der Waals surface area (Å²) in [5.74, 6) is -0.577. The van der Waals surface area contributed by atoms with Crippen molar-refractivity contribution in [2.75, 3.05) is 19.6 Å². The van der Waals surface area contributed by atoms with Gasteiger partial charge in [0.15, 0.2) is 0 Å². The summed E-state index contributed by atoms with van der Waals surface area (Å²) in [6.45, 7) is 1.74. The number of hydrogen-bond acceptors (Lipinski definition) is 4. The number of nitrogens with zero attached hydrogens (tertiary/aromatic N) is 1. The smallest absolute Gasteiger partial charge is 0.238 e. The molecule has 0 unspecified atom stereocenters. The first-order valence-electron chi connectivity index (χ1n) is 6.27. The molecule has 1 aliphatic rings. The molecule has 1 saturated heterocycles. The highest BCUT2D eigenvalue weighted by Gasteiger charge is 2.27. The van der Waals surface area contributed by atoms with Crippen molar-refractivity contribution in [1.82, 2.24) is 15.8 Å². The molecule has 0 aliphatic carbocycles. The predicted molar refractivity (Wildman–Crippen MR) is 70.8 cm³/mol. The second-order valence-electron chi connectivity index (χ2n) is 4.51. The van der Waals surface area contributed by atoms with E-state index in [2.05, 4.69) is 10.7 Å². The van der Waals surface area contributed by atoms with Crippen molar-refractivity contribution in [2.24, 2.45) is 5.73 Å². The SMILES string of the molecule is NC(=O)[C@@H]1CNCCN1NC(=O)Cc1ccccc1. The summed E-state index contributed by atoms with van der Waals surface area (Å²) in [5, 5.41) is 4.69. The number of amides is 2. The van der Waals surface area contributed by atoms with Gasteiger partial charge in [-0.05, 0) is 5.56 Å². The van der Waals surface area contributed by atoms with Crippen LogP contribution in [0.3, 0.4) is 0 Å². The van der Waals surface area contributed by atoms with Crippen LogP contribution in [-0.4, -0.2) is 42.5 Å². The van der Waals surface area contributed by atoms with Crippen molar-refractivity contribution >= 4 is 11.8 Å². The highest BCUT2D eigenvalue weighted by Crippen LogP contribution is 2.02. The van der Waals surface area contributed by atoms with Gasteiger partial charge in [-0.3, -0.25) is 15.0 Å². The highest BCUT2D eigenvalue weighted by atomic mass is 16.2. The molecule has 6 nitrogen and oxygen atoms in total. The summed E-state index contributed by atoms with van der Waals surface area (Å²) in [6, 6.07) is 8.97. The molecule has 19 heavy (non-hydrogen) atoms. The molecule has 1 fully saturated rings. The van der Waals surface area contributed by atoms with Gasteiger partial charge in [0.05, 0.1) is 6.42 Å². The number of nitrogens with one attached hydrogen (secondary N) is 2. The summed E-state index contributed by atoms with van der Waals surface area (Å²) in [7, 11) is 0. The highest BCUT2D eigenvalue weighted by molar-refractivity contribution is 5.82. The summed E-state index contributed by atoms with van der Waals surface area (Å²) < 4.78 is 0. The van der Waals surface area contributed by atoms with Crippen LogP contribution < -0.4 is 16.5 Å². The minimum Gasteiger partial charge on any atom is -0.368 e. The predicted octanol–water partition coefficient (Wildman–Crippen LogP) is -0.981. The molecular formula is C13H18N4O2. The molecule has 1 aromatic carbocycles. The van der Waals surface area contributed by atoms with Gasteiger partial charge < -0.3 is 11.1 Å². The first-order chi connectivity index (χ1) is 9.16. The molecule has 4 N–H and O–H groups in total. The lowest BCUT2D eigenvalue weighted by Gasteiger charge is -2.34. The zero-order valence-corrected chi connectivity index (χ0v) is 10.6. The summed E-state index contributed by atoms with van der Waals surface area (Å²) in [5.41, 5.74) is 9.00. The van der Waals surface area contributed by atoms with E-state index in [1.54, 1.807) is 5.01 Å². The van der Waals surface area contributed by atoms with Gasteiger partial charge in [-0.1, -0.05) is 30.3 Å². The van der Waals surface area contributed by atoms with E-state index in [1.807, 2.05) is 30.3 Å². The van der Waals surface area contributed by atoms with Crippen LogP contribution >= 0.6 is 0 Å². The molecule has 6 heteroatoms. The van der Waals surface area contributed by atoms with E-state index in [1.165, 1.54) is 0 Å². The summed E-state index contributed by atoms with van der Waals surface area (Å²) in [4.78, 5) is 23.2. The van der Waals surface area contributed by atoms with Crippen LogP contribution in [0, 0.1) is 0 Å². The van der Waals surface area contributed by atoms with E-state index >= 15 is 0 Å². The zero-order valence-electron chi connectivity index (χ0n) is 10.6. The van der Waals surface area contributed by atoms with Crippen molar-refractivity contribution in [3.05, 3.63) is 35.9 Å². The van der Waals surface area contributed by atoms with E-state index in [-0.39, 0.29) is 12.3 Å². The second kappa shape index (κ2) is 6.31. The molecule has 102 valence electrons. The van der Waals surface area contributed by atoms with Crippen molar-refractivity contribution in [3.63, 3.8) is 0 Å². The third-order valence-electron chi connectivity index (χ3n) is 3.05. The number of carbonyl (C=O) groups is 2. The molecule has 0 radical (unpaired) electrons. The lowest BCUT2D eigenvalue weighted by Crippen LogP contribution is -2.62. The molecule has 2 amide bonds. The minimum absolute atomic E-state index is 0.139. The van der Waals surface area contributed by atoms with Crippen LogP contribution in [0.5, 0.6) is 0 Å². The second-order valence-corrected chi connectivity index (χ2v) is 4.51.